The van der Waals surface area contributed by atoms with Crippen molar-refractivity contribution in [3.63, 3.8) is 0 Å². The fourth-order valence-corrected chi connectivity index (χ4v) is 5.08. The lowest BCUT2D eigenvalue weighted by Gasteiger charge is -2.37. The van der Waals surface area contributed by atoms with Crippen LogP contribution in [0.1, 0.15) is 65.0 Å². The Morgan fingerprint density at radius 3 is 2.05 bits per heavy atom. The van der Waals surface area contributed by atoms with Gasteiger partial charge in [-0.15, -0.1) is 6.54 Å². The summed E-state index contributed by atoms with van der Waals surface area (Å²) in [6.07, 6.45) is -4.07. The fraction of sp³-hybridized carbons (Fsp3) is 0.533. The standard InChI is InChI=1S/C25H26Cl2F3N3O.C5H12N/c1-23(2,3)12-19-24(13-31,16-7-9-17(26)10-8-16)20(15-5-4-6-18(27)11-15)21(33-19)22(34)32-14-25(28,29)30;1-5(2,3)4-6/h4-11,19-21,33H,12,14H2,1-3H3,(H,32,34);6H,4H2,1-3H3/q;-1. The molecule has 3 N–H and O–H groups in total. The van der Waals surface area contributed by atoms with Crippen molar-refractivity contribution < 1.29 is 18.0 Å². The molecule has 1 fully saturated rings. The Balaban J connectivity index is 0.000000840. The summed E-state index contributed by atoms with van der Waals surface area (Å²) in [5.41, 5.74) is 6.75. The summed E-state index contributed by atoms with van der Waals surface area (Å²) < 4.78 is 38.6. The number of amides is 1. The Kier molecular flexibility index (Phi) is 11.1. The molecular weight excluding hydrogens is 560 g/mol. The number of benzene rings is 2. The first-order valence-corrected chi connectivity index (χ1v) is 13.8. The summed E-state index contributed by atoms with van der Waals surface area (Å²) in [4.78, 5) is 13.1. The minimum atomic E-state index is -4.56. The molecule has 220 valence electrons. The molecule has 10 heteroatoms. The van der Waals surface area contributed by atoms with Gasteiger partial charge in [0.1, 0.15) is 12.0 Å². The van der Waals surface area contributed by atoms with E-state index in [9.17, 15) is 23.2 Å². The minimum absolute atomic E-state index is 0.208. The maximum atomic E-state index is 13.1. The van der Waals surface area contributed by atoms with Crippen LogP contribution >= 0.6 is 23.2 Å². The van der Waals surface area contributed by atoms with E-state index >= 15 is 0 Å². The van der Waals surface area contributed by atoms with Crippen LogP contribution in [0.4, 0.5) is 13.2 Å². The van der Waals surface area contributed by atoms with E-state index in [-0.39, 0.29) is 10.8 Å². The van der Waals surface area contributed by atoms with Gasteiger partial charge in [-0.2, -0.15) is 18.4 Å². The summed E-state index contributed by atoms with van der Waals surface area (Å²) in [7, 11) is 0. The molecule has 40 heavy (non-hydrogen) atoms. The largest absolute Gasteiger partial charge is 0.677 e. The second-order valence-electron chi connectivity index (χ2n) is 12.6. The molecule has 4 unspecified atom stereocenters. The van der Waals surface area contributed by atoms with Gasteiger partial charge in [0, 0.05) is 22.0 Å². The summed E-state index contributed by atoms with van der Waals surface area (Å²) in [6.45, 7) is 11.2. The van der Waals surface area contributed by atoms with Crippen molar-refractivity contribution in [3.8, 4) is 6.07 Å². The van der Waals surface area contributed by atoms with Crippen LogP contribution in [0.5, 0.6) is 0 Å². The molecule has 1 aliphatic heterocycles. The van der Waals surface area contributed by atoms with Crippen LogP contribution in [-0.4, -0.2) is 37.3 Å². The van der Waals surface area contributed by atoms with Crippen LogP contribution in [0, 0.1) is 22.2 Å². The third-order valence-corrected chi connectivity index (χ3v) is 7.05. The molecular formula is C30H38Cl2F3N4O-. The molecule has 0 radical (unpaired) electrons. The first kappa shape index (κ1) is 33.9. The van der Waals surface area contributed by atoms with Crippen LogP contribution in [0.15, 0.2) is 48.5 Å². The van der Waals surface area contributed by atoms with Crippen molar-refractivity contribution in [1.29, 1.82) is 5.26 Å². The van der Waals surface area contributed by atoms with Gasteiger partial charge in [0.25, 0.3) is 0 Å². The van der Waals surface area contributed by atoms with E-state index in [0.717, 1.165) is 0 Å². The Bertz CT molecular complexity index is 1180. The first-order chi connectivity index (χ1) is 18.3. The third kappa shape index (κ3) is 9.10. The highest BCUT2D eigenvalue weighted by Gasteiger charge is 2.59. The van der Waals surface area contributed by atoms with Gasteiger partial charge in [-0.25, -0.2) is 0 Å². The van der Waals surface area contributed by atoms with E-state index in [2.05, 4.69) is 32.2 Å². The van der Waals surface area contributed by atoms with Crippen LogP contribution in [0.2, 0.25) is 10.0 Å². The number of carbonyl (C=O) groups is 1. The number of nitrogens with zero attached hydrogens (tertiary/aromatic N) is 1. The van der Waals surface area contributed by atoms with E-state index in [1.807, 2.05) is 26.1 Å². The quantitative estimate of drug-likeness (QED) is 0.365. The van der Waals surface area contributed by atoms with E-state index in [1.54, 1.807) is 48.5 Å². The third-order valence-electron chi connectivity index (χ3n) is 6.56. The molecule has 1 heterocycles. The predicted octanol–water partition coefficient (Wildman–Crippen LogP) is 8.08. The van der Waals surface area contributed by atoms with Crippen LogP contribution in [0.3, 0.4) is 0 Å². The number of halogens is 5. The topological polar surface area (TPSA) is 88.7 Å². The minimum Gasteiger partial charge on any atom is -0.677 e. The van der Waals surface area contributed by atoms with Gasteiger partial charge in [0.05, 0.1) is 12.1 Å². The van der Waals surface area contributed by atoms with Gasteiger partial charge in [-0.05, 0) is 47.2 Å². The van der Waals surface area contributed by atoms with Crippen molar-refractivity contribution in [2.75, 3.05) is 13.1 Å². The summed E-state index contributed by atoms with van der Waals surface area (Å²) >= 11 is 12.3. The molecule has 0 aromatic heterocycles. The zero-order valence-electron chi connectivity index (χ0n) is 23.7. The molecule has 2 aromatic rings. The monoisotopic (exact) mass is 597 g/mol. The Labute approximate surface area is 245 Å². The molecule has 0 saturated carbocycles. The average molecular weight is 599 g/mol. The molecule has 0 bridgehead atoms. The smallest absolute Gasteiger partial charge is 0.405 e. The number of alkyl halides is 3. The van der Waals surface area contributed by atoms with E-state index < -0.39 is 42.0 Å². The number of hydrogen-bond acceptors (Lipinski definition) is 3. The highest BCUT2D eigenvalue weighted by Crippen LogP contribution is 2.51. The van der Waals surface area contributed by atoms with Gasteiger partial charge in [-0.3, -0.25) is 4.79 Å². The van der Waals surface area contributed by atoms with Gasteiger partial charge < -0.3 is 16.4 Å². The van der Waals surface area contributed by atoms with Crippen molar-refractivity contribution in [3.05, 3.63) is 75.4 Å². The van der Waals surface area contributed by atoms with E-state index in [0.29, 0.717) is 34.1 Å². The Morgan fingerprint density at radius 2 is 1.60 bits per heavy atom. The van der Waals surface area contributed by atoms with Crippen molar-refractivity contribution in [2.45, 2.75) is 77.6 Å². The van der Waals surface area contributed by atoms with Crippen molar-refractivity contribution in [1.82, 2.24) is 10.6 Å². The molecule has 2 aromatic carbocycles. The summed E-state index contributed by atoms with van der Waals surface area (Å²) in [5.74, 6) is -1.63. The molecule has 0 aliphatic carbocycles. The molecule has 1 amide bonds. The lowest BCUT2D eigenvalue weighted by atomic mass is 9.63. The first-order valence-electron chi connectivity index (χ1n) is 13.0. The highest BCUT2D eigenvalue weighted by molar-refractivity contribution is 6.30. The lowest BCUT2D eigenvalue weighted by Crippen LogP contribution is -2.47. The van der Waals surface area contributed by atoms with Gasteiger partial charge in [0.2, 0.25) is 5.91 Å². The SMILES string of the molecule is CC(C)(C)CC1NC(C(=O)NCC(F)(F)F)C(c2cccc(Cl)c2)C1(C#N)c1ccc(Cl)cc1.CC(C)(C)C[NH-]. The summed E-state index contributed by atoms with van der Waals surface area (Å²) in [6, 6.07) is 14.4. The molecule has 5 nitrogen and oxygen atoms in total. The molecule has 1 saturated heterocycles. The highest BCUT2D eigenvalue weighted by atomic mass is 35.5. The number of nitriles is 1. The van der Waals surface area contributed by atoms with Gasteiger partial charge >= 0.3 is 6.18 Å². The maximum Gasteiger partial charge on any atom is 0.405 e. The molecule has 3 rings (SSSR count). The van der Waals surface area contributed by atoms with Gasteiger partial charge in [0.15, 0.2) is 0 Å². The van der Waals surface area contributed by atoms with Crippen LogP contribution in [0.25, 0.3) is 5.73 Å². The van der Waals surface area contributed by atoms with Gasteiger partial charge in [-0.1, -0.05) is 94.4 Å². The van der Waals surface area contributed by atoms with Crippen molar-refractivity contribution in [2.24, 2.45) is 10.8 Å². The number of hydrogen-bond donors (Lipinski definition) is 2. The van der Waals surface area contributed by atoms with E-state index in [1.165, 1.54) is 0 Å². The zero-order valence-corrected chi connectivity index (χ0v) is 25.2. The van der Waals surface area contributed by atoms with Crippen LogP contribution < -0.4 is 10.6 Å². The van der Waals surface area contributed by atoms with Crippen LogP contribution in [-0.2, 0) is 10.2 Å². The Hall–Kier alpha value is -2.31. The predicted molar refractivity (Wildman–Crippen MR) is 155 cm³/mol. The Morgan fingerprint density at radius 1 is 1.02 bits per heavy atom. The molecule has 0 spiro atoms. The second kappa shape index (κ2) is 13.1. The lowest BCUT2D eigenvalue weighted by molar-refractivity contribution is -0.139. The van der Waals surface area contributed by atoms with E-state index in [4.69, 9.17) is 28.9 Å². The second-order valence-corrected chi connectivity index (χ2v) is 13.4. The molecule has 4 atom stereocenters. The number of carbonyl (C=O) groups excluding carboxylic acids is 1. The van der Waals surface area contributed by atoms with Crippen molar-refractivity contribution >= 4 is 29.1 Å². The normalized spacial score (nSPS) is 23.1. The fourth-order valence-electron chi connectivity index (χ4n) is 4.75. The summed E-state index contributed by atoms with van der Waals surface area (Å²) in [5, 5.41) is 16.8. The number of rotatable bonds is 5. The number of nitrogens with one attached hydrogen (secondary N) is 3. The maximum absolute atomic E-state index is 13.1. The molecule has 1 aliphatic rings. The zero-order chi connectivity index (χ0) is 30.5. The average Bonchev–Trinajstić information content (AvgIpc) is 3.15.